The van der Waals surface area contributed by atoms with E-state index in [4.69, 9.17) is 0 Å². The lowest BCUT2D eigenvalue weighted by molar-refractivity contribution is -0.120. The van der Waals surface area contributed by atoms with E-state index < -0.39 is 0 Å². The van der Waals surface area contributed by atoms with E-state index in [9.17, 15) is 9.18 Å². The number of anilines is 2. The summed E-state index contributed by atoms with van der Waals surface area (Å²) in [5.41, 5.74) is 1.34. The zero-order chi connectivity index (χ0) is 13.4. The average molecular weight is 327 g/mol. The van der Waals surface area contributed by atoms with Crippen LogP contribution in [0.25, 0.3) is 0 Å². The van der Waals surface area contributed by atoms with Gasteiger partial charge in [0.2, 0.25) is 5.91 Å². The van der Waals surface area contributed by atoms with Crippen molar-refractivity contribution in [3.05, 3.63) is 22.4 Å². The van der Waals surface area contributed by atoms with Crippen molar-refractivity contribution in [2.45, 2.75) is 38.1 Å². The summed E-state index contributed by atoms with van der Waals surface area (Å²) in [6.07, 6.45) is 5.25. The minimum Gasteiger partial charge on any atom is -0.380 e. The third-order valence-corrected chi connectivity index (χ3v) is 4.62. The average Bonchev–Trinajstić information content (AvgIpc) is 2.65. The zero-order valence-corrected chi connectivity index (χ0v) is 12.1. The molecule has 1 amide bonds. The number of hydrogen-bond donors (Lipinski definition) is 2. The van der Waals surface area contributed by atoms with Gasteiger partial charge in [0.15, 0.2) is 0 Å². The molecule has 1 fully saturated rings. The Balaban J connectivity index is 1.98. The predicted octanol–water partition coefficient (Wildman–Crippen LogP) is 3.90. The van der Waals surface area contributed by atoms with E-state index in [0.29, 0.717) is 15.8 Å². The molecule has 0 spiro atoms. The fourth-order valence-electron chi connectivity index (χ4n) is 2.99. The number of nitrogens with one attached hydrogen (secondary N) is 2. The van der Waals surface area contributed by atoms with E-state index in [1.807, 2.05) is 0 Å². The van der Waals surface area contributed by atoms with E-state index >= 15 is 0 Å². The Morgan fingerprint density at radius 3 is 2.79 bits per heavy atom. The number of carbonyl (C=O) groups excluding carboxylic acids is 1. The van der Waals surface area contributed by atoms with Gasteiger partial charge in [0.1, 0.15) is 5.82 Å². The lowest BCUT2D eigenvalue weighted by Crippen LogP contribution is -2.34. The molecular formula is C14H16BrFN2O. The Kier molecular flexibility index (Phi) is 3.48. The van der Waals surface area contributed by atoms with Gasteiger partial charge in [-0.25, -0.2) is 4.39 Å². The lowest BCUT2D eigenvalue weighted by atomic mass is 9.94. The van der Waals surface area contributed by atoms with Crippen LogP contribution >= 0.6 is 15.9 Å². The minimum atomic E-state index is -0.312. The number of fused-ring (bicyclic) bond motifs is 2. The molecule has 1 aliphatic carbocycles. The molecule has 2 N–H and O–H groups in total. The molecule has 1 aromatic rings. The lowest BCUT2D eigenvalue weighted by Gasteiger charge is -2.22. The van der Waals surface area contributed by atoms with Crippen LogP contribution in [0.4, 0.5) is 15.8 Å². The molecule has 0 radical (unpaired) electrons. The summed E-state index contributed by atoms with van der Waals surface area (Å²) in [5.74, 6) is -0.277. The molecule has 0 saturated heterocycles. The molecule has 5 heteroatoms. The molecule has 19 heavy (non-hydrogen) atoms. The molecule has 1 aromatic carbocycles. The maximum Gasteiger partial charge on any atom is 0.229 e. The second-order valence-corrected chi connectivity index (χ2v) is 6.15. The van der Waals surface area contributed by atoms with Gasteiger partial charge in [-0.2, -0.15) is 0 Å². The quantitative estimate of drug-likeness (QED) is 0.759. The highest BCUT2D eigenvalue weighted by Crippen LogP contribution is 2.36. The number of carbonyl (C=O) groups is 1. The van der Waals surface area contributed by atoms with Crippen LogP contribution in [-0.2, 0) is 4.79 Å². The third kappa shape index (κ3) is 2.48. The van der Waals surface area contributed by atoms with Crippen molar-refractivity contribution in [3.8, 4) is 0 Å². The standard InChI is InChI=1S/C14H16BrFN2O/c15-9-6-12-13(7-10(9)16)17-11-5-3-1-2-4-8(11)14(19)18-12/h6-8,11,17H,1-5H2,(H,18,19). The second kappa shape index (κ2) is 5.12. The van der Waals surface area contributed by atoms with Gasteiger partial charge in [0, 0.05) is 12.1 Å². The van der Waals surface area contributed by atoms with Crippen molar-refractivity contribution in [1.29, 1.82) is 0 Å². The molecular weight excluding hydrogens is 311 g/mol. The van der Waals surface area contributed by atoms with Crippen LogP contribution in [0, 0.1) is 11.7 Å². The first kappa shape index (κ1) is 12.9. The van der Waals surface area contributed by atoms with Crippen molar-refractivity contribution in [2.75, 3.05) is 10.6 Å². The van der Waals surface area contributed by atoms with Crippen molar-refractivity contribution < 1.29 is 9.18 Å². The summed E-state index contributed by atoms with van der Waals surface area (Å²) in [4.78, 5) is 12.3. The molecule has 2 unspecified atom stereocenters. The van der Waals surface area contributed by atoms with Crippen LogP contribution in [0.3, 0.4) is 0 Å². The summed E-state index contributed by atoms with van der Waals surface area (Å²) in [6.45, 7) is 0. The molecule has 0 bridgehead atoms. The van der Waals surface area contributed by atoms with Crippen LogP contribution in [0.1, 0.15) is 32.1 Å². The van der Waals surface area contributed by atoms with Crippen LogP contribution in [-0.4, -0.2) is 11.9 Å². The highest BCUT2D eigenvalue weighted by Gasteiger charge is 2.33. The Morgan fingerprint density at radius 2 is 1.95 bits per heavy atom. The van der Waals surface area contributed by atoms with Gasteiger partial charge in [-0.15, -0.1) is 0 Å². The number of amides is 1. The van der Waals surface area contributed by atoms with Crippen LogP contribution in [0.15, 0.2) is 16.6 Å². The summed E-state index contributed by atoms with van der Waals surface area (Å²) in [5, 5.41) is 6.28. The molecule has 102 valence electrons. The predicted molar refractivity (Wildman–Crippen MR) is 76.7 cm³/mol. The Morgan fingerprint density at radius 1 is 1.16 bits per heavy atom. The monoisotopic (exact) mass is 326 g/mol. The van der Waals surface area contributed by atoms with Crippen LogP contribution in [0.5, 0.6) is 0 Å². The molecule has 3 rings (SSSR count). The van der Waals surface area contributed by atoms with Gasteiger partial charge in [0.05, 0.1) is 21.8 Å². The van der Waals surface area contributed by atoms with Crippen molar-refractivity contribution in [3.63, 3.8) is 0 Å². The van der Waals surface area contributed by atoms with Crippen molar-refractivity contribution in [2.24, 2.45) is 5.92 Å². The first-order valence-electron chi connectivity index (χ1n) is 6.71. The van der Waals surface area contributed by atoms with Gasteiger partial charge in [-0.1, -0.05) is 19.3 Å². The summed E-state index contributed by atoms with van der Waals surface area (Å²) in [6, 6.07) is 3.19. The first-order chi connectivity index (χ1) is 9.15. The fraction of sp³-hybridized carbons (Fsp3) is 0.500. The number of benzene rings is 1. The molecule has 1 saturated carbocycles. The maximum absolute atomic E-state index is 13.6. The number of rotatable bonds is 0. The second-order valence-electron chi connectivity index (χ2n) is 5.30. The largest absolute Gasteiger partial charge is 0.380 e. The molecule has 0 aromatic heterocycles. The number of halogens is 2. The summed E-state index contributed by atoms with van der Waals surface area (Å²) >= 11 is 3.15. The highest BCUT2D eigenvalue weighted by atomic mass is 79.9. The SMILES string of the molecule is O=C1Nc2cc(Br)c(F)cc2NC2CCCCCC12. The van der Waals surface area contributed by atoms with Gasteiger partial charge in [-0.3, -0.25) is 4.79 Å². The summed E-state index contributed by atoms with van der Waals surface area (Å²) in [7, 11) is 0. The Hall–Kier alpha value is -1.10. The van der Waals surface area contributed by atoms with Gasteiger partial charge < -0.3 is 10.6 Å². The Bertz CT molecular complexity index is 520. The van der Waals surface area contributed by atoms with Crippen molar-refractivity contribution >= 4 is 33.2 Å². The minimum absolute atomic E-state index is 0.0169. The topological polar surface area (TPSA) is 41.1 Å². The smallest absolute Gasteiger partial charge is 0.229 e. The zero-order valence-electron chi connectivity index (χ0n) is 10.5. The van der Waals surface area contributed by atoms with Crippen LogP contribution in [0.2, 0.25) is 0 Å². The van der Waals surface area contributed by atoms with Crippen LogP contribution < -0.4 is 10.6 Å². The van der Waals surface area contributed by atoms with E-state index in [0.717, 1.165) is 25.7 Å². The number of hydrogen-bond acceptors (Lipinski definition) is 2. The normalized spacial score (nSPS) is 26.3. The molecule has 3 nitrogen and oxygen atoms in total. The summed E-state index contributed by atoms with van der Waals surface area (Å²) < 4.78 is 14.0. The van der Waals surface area contributed by atoms with Crippen molar-refractivity contribution in [1.82, 2.24) is 0 Å². The van der Waals surface area contributed by atoms with Gasteiger partial charge in [0.25, 0.3) is 0 Å². The Labute approximate surface area is 120 Å². The molecule has 2 aliphatic rings. The van der Waals surface area contributed by atoms with E-state index in [1.54, 1.807) is 6.07 Å². The highest BCUT2D eigenvalue weighted by molar-refractivity contribution is 9.10. The third-order valence-electron chi connectivity index (χ3n) is 4.01. The van der Waals surface area contributed by atoms with Gasteiger partial charge >= 0.3 is 0 Å². The molecule has 2 atom stereocenters. The first-order valence-corrected chi connectivity index (χ1v) is 7.51. The molecule has 1 heterocycles. The van der Waals surface area contributed by atoms with E-state index in [-0.39, 0.29) is 23.7 Å². The maximum atomic E-state index is 13.6. The van der Waals surface area contributed by atoms with E-state index in [2.05, 4.69) is 26.6 Å². The van der Waals surface area contributed by atoms with E-state index in [1.165, 1.54) is 12.5 Å². The fourth-order valence-corrected chi connectivity index (χ4v) is 3.33. The molecule has 1 aliphatic heterocycles. The van der Waals surface area contributed by atoms with Gasteiger partial charge in [-0.05, 0) is 34.8 Å².